The van der Waals surface area contributed by atoms with Crippen LogP contribution in [0.1, 0.15) is 39.5 Å². The molecule has 0 rings (SSSR count). The number of rotatable bonds is 3. The van der Waals surface area contributed by atoms with Crippen LogP contribution in [0, 0.1) is 0 Å². The normalized spacial score (nSPS) is 10.1. The first kappa shape index (κ1) is 28.2. The molecule has 0 aromatic rings. The Kier molecular flexibility index (Phi) is 18.8. The maximum atomic E-state index is 10.5. The van der Waals surface area contributed by atoms with E-state index in [9.17, 15) is 26.3 Å². The fourth-order valence-corrected chi connectivity index (χ4v) is 0.500. The van der Waals surface area contributed by atoms with Gasteiger partial charge in [0.05, 0.1) is 0 Å². The summed E-state index contributed by atoms with van der Waals surface area (Å²) in [5.74, 6) is -6.01. The van der Waals surface area contributed by atoms with Crippen molar-refractivity contribution < 1.29 is 62.9 Å². The first-order valence-electron chi connectivity index (χ1n) is 5.36. The van der Waals surface area contributed by atoms with Crippen LogP contribution in [-0.2, 0) is 26.4 Å². The average molecular weight is 371 g/mol. The number of hydrogen-bond donors (Lipinski definition) is 0. The van der Waals surface area contributed by atoms with Crippen LogP contribution >= 0.6 is 0 Å². The molecule has 0 aliphatic rings. The Morgan fingerprint density at radius 1 is 0.762 bits per heavy atom. The summed E-state index contributed by atoms with van der Waals surface area (Å²) in [6, 6.07) is 0. The van der Waals surface area contributed by atoms with Gasteiger partial charge in [0.25, 0.3) is 0 Å². The van der Waals surface area contributed by atoms with Gasteiger partial charge in [-0.25, -0.2) is 0 Å². The zero-order valence-electron chi connectivity index (χ0n) is 11.1. The van der Waals surface area contributed by atoms with Gasteiger partial charge in [-0.1, -0.05) is 39.5 Å². The van der Waals surface area contributed by atoms with Gasteiger partial charge >= 0.3 is 29.1 Å². The van der Waals surface area contributed by atoms with Crippen molar-refractivity contribution in [1.82, 2.24) is 0 Å². The molecule has 0 heterocycles. The molecule has 0 saturated heterocycles. The van der Waals surface area contributed by atoms with Crippen molar-refractivity contribution in [3.63, 3.8) is 0 Å². The number of carboxylic acids is 2. The van der Waals surface area contributed by atoms with Crippen LogP contribution in [0.2, 0.25) is 0 Å². The molecule has 0 N–H and O–H groups in total. The number of hydrogen-bond acceptors (Lipinski definition) is 4. The Morgan fingerprint density at radius 3 is 0.952 bits per heavy atom. The maximum Gasteiger partial charge on any atom is 2.00 e. The third-order valence-corrected chi connectivity index (χ3v) is 1.42. The molecule has 0 aliphatic heterocycles. The van der Waals surface area contributed by atoms with Crippen molar-refractivity contribution in [3.8, 4) is 0 Å². The van der Waals surface area contributed by atoms with E-state index in [-0.39, 0.29) is 16.8 Å². The number of carboxylic acid groups (broad SMARTS) is 2. The molecule has 0 amide bonds. The van der Waals surface area contributed by atoms with Gasteiger partial charge in [-0.15, -0.1) is 0 Å². The Labute approximate surface area is 127 Å². The monoisotopic (exact) mass is 371 g/mol. The number of aliphatic carboxylic acids is 2. The standard InChI is InChI=1S/C6H14.2C2HF3O2.Co/c1-3-5-6-4-2;2*3-2(4,5)1(6)7;/h3-6H2,1-2H3;2*(H,6,7);/q;;;+2/p-2. The van der Waals surface area contributed by atoms with Crippen LogP contribution in [-0.4, -0.2) is 24.3 Å². The zero-order chi connectivity index (χ0) is 17.0. The molecule has 0 atom stereocenters. The minimum atomic E-state index is -5.19. The number of carbonyl (C=O) groups is 2. The first-order chi connectivity index (χ1) is 8.80. The van der Waals surface area contributed by atoms with Gasteiger partial charge < -0.3 is 19.8 Å². The van der Waals surface area contributed by atoms with E-state index in [2.05, 4.69) is 13.8 Å². The minimum absolute atomic E-state index is 0. The average Bonchev–Trinajstić information content (AvgIpc) is 2.25. The van der Waals surface area contributed by atoms with Gasteiger partial charge in [-0.2, -0.15) is 26.3 Å². The Bertz CT molecular complexity index is 250. The van der Waals surface area contributed by atoms with Gasteiger partial charge in [0, 0.05) is 0 Å². The molecule has 0 bridgehead atoms. The van der Waals surface area contributed by atoms with E-state index in [0.29, 0.717) is 0 Å². The van der Waals surface area contributed by atoms with Crippen LogP contribution in [0.5, 0.6) is 0 Å². The smallest absolute Gasteiger partial charge is 0.542 e. The molecule has 21 heavy (non-hydrogen) atoms. The molecule has 0 aliphatic carbocycles. The second kappa shape index (κ2) is 14.0. The van der Waals surface area contributed by atoms with Crippen molar-refractivity contribution in [2.24, 2.45) is 0 Å². The summed E-state index contributed by atoms with van der Waals surface area (Å²) in [7, 11) is 0. The van der Waals surface area contributed by atoms with Crippen LogP contribution in [0.4, 0.5) is 26.3 Å². The van der Waals surface area contributed by atoms with Crippen LogP contribution < -0.4 is 10.2 Å². The molecule has 0 saturated carbocycles. The summed E-state index contributed by atoms with van der Waals surface area (Å²) in [6.07, 6.45) is -4.85. The molecule has 11 heteroatoms. The minimum Gasteiger partial charge on any atom is -0.542 e. The fourth-order valence-electron chi connectivity index (χ4n) is 0.500. The molecular formula is C10H14CoF6O4. The van der Waals surface area contributed by atoms with E-state index in [0.717, 1.165) is 0 Å². The molecule has 0 unspecified atom stereocenters. The van der Waals surface area contributed by atoms with E-state index in [1.54, 1.807) is 0 Å². The second-order valence-electron chi connectivity index (χ2n) is 3.28. The summed E-state index contributed by atoms with van der Waals surface area (Å²) >= 11 is 0. The summed E-state index contributed by atoms with van der Waals surface area (Å²) in [4.78, 5) is 17.6. The van der Waals surface area contributed by atoms with Crippen molar-refractivity contribution in [1.29, 1.82) is 0 Å². The van der Waals surface area contributed by atoms with Gasteiger partial charge in [-0.05, 0) is 0 Å². The Balaban J connectivity index is -0.000000101. The third-order valence-electron chi connectivity index (χ3n) is 1.42. The van der Waals surface area contributed by atoms with Crippen molar-refractivity contribution >= 4 is 11.9 Å². The Morgan fingerprint density at radius 2 is 0.905 bits per heavy atom. The zero-order valence-corrected chi connectivity index (χ0v) is 12.1. The van der Waals surface area contributed by atoms with Crippen molar-refractivity contribution in [3.05, 3.63) is 0 Å². The van der Waals surface area contributed by atoms with E-state index in [1.165, 1.54) is 25.7 Å². The van der Waals surface area contributed by atoms with Crippen LogP contribution in [0.3, 0.4) is 0 Å². The predicted octanol–water partition coefficient (Wildman–Crippen LogP) is 1.18. The van der Waals surface area contributed by atoms with Crippen LogP contribution in [0.25, 0.3) is 0 Å². The molecule has 0 spiro atoms. The molecule has 0 aromatic carbocycles. The van der Waals surface area contributed by atoms with E-state index in [4.69, 9.17) is 19.8 Å². The van der Waals surface area contributed by atoms with Gasteiger partial charge in [0.15, 0.2) is 0 Å². The summed E-state index contributed by atoms with van der Waals surface area (Å²) in [5, 5.41) is 17.6. The molecule has 129 valence electrons. The SMILES string of the molecule is CCCCCC.O=C([O-])C(F)(F)F.O=C([O-])C(F)(F)F.[Co+2]. The number of alkyl halides is 6. The summed E-state index contributed by atoms with van der Waals surface area (Å²) in [6.45, 7) is 4.46. The molecule has 0 aromatic heterocycles. The topological polar surface area (TPSA) is 80.3 Å². The molecule has 4 nitrogen and oxygen atoms in total. The maximum absolute atomic E-state index is 10.5. The number of carbonyl (C=O) groups excluding carboxylic acids is 2. The van der Waals surface area contributed by atoms with Crippen molar-refractivity contribution in [2.45, 2.75) is 51.9 Å². The van der Waals surface area contributed by atoms with Gasteiger partial charge in [-0.3, -0.25) is 0 Å². The first-order valence-corrected chi connectivity index (χ1v) is 5.36. The van der Waals surface area contributed by atoms with Gasteiger partial charge in [0.1, 0.15) is 11.9 Å². The Hall–Kier alpha value is -0.974. The summed E-state index contributed by atoms with van der Waals surface area (Å²) in [5.41, 5.74) is 0. The van der Waals surface area contributed by atoms with Gasteiger partial charge in [0.2, 0.25) is 0 Å². The molecular weight excluding hydrogens is 357 g/mol. The van der Waals surface area contributed by atoms with E-state index in [1.807, 2.05) is 0 Å². The molecule has 1 radical (unpaired) electrons. The summed E-state index contributed by atoms with van der Waals surface area (Å²) < 4.78 is 63.1. The van der Waals surface area contributed by atoms with Crippen molar-refractivity contribution in [2.75, 3.05) is 0 Å². The third kappa shape index (κ3) is 28.0. The van der Waals surface area contributed by atoms with Crippen LogP contribution in [0.15, 0.2) is 0 Å². The fraction of sp³-hybridized carbons (Fsp3) is 0.800. The largest absolute Gasteiger partial charge is 2.00 e. The molecule has 0 fully saturated rings. The second-order valence-corrected chi connectivity index (χ2v) is 3.28. The van der Waals surface area contributed by atoms with E-state index >= 15 is 0 Å². The quantitative estimate of drug-likeness (QED) is 0.551. The number of halogens is 6. The van der Waals surface area contributed by atoms with E-state index < -0.39 is 24.3 Å². The predicted molar refractivity (Wildman–Crippen MR) is 51.9 cm³/mol. The number of unbranched alkanes of at least 4 members (excludes halogenated alkanes) is 3.